The molecular weight excluding hydrogens is 319 g/mol. The summed E-state index contributed by atoms with van der Waals surface area (Å²) in [5, 5.41) is 0. The maximum absolute atomic E-state index is 12.8. The number of aryl methyl sites for hydroxylation is 1. The van der Waals surface area contributed by atoms with Crippen LogP contribution in [0.1, 0.15) is 49.8 Å². The Balaban J connectivity index is 1.77. The molecule has 1 aromatic rings. The van der Waals surface area contributed by atoms with Crippen LogP contribution in [0.25, 0.3) is 0 Å². The Hall–Kier alpha value is -1.56. The highest BCUT2D eigenvalue weighted by atomic mass is 19.4. The average molecular weight is 341 g/mol. The zero-order valence-corrected chi connectivity index (χ0v) is 13.7. The van der Waals surface area contributed by atoms with Gasteiger partial charge in [-0.25, -0.2) is 0 Å². The summed E-state index contributed by atoms with van der Waals surface area (Å²) in [7, 11) is 0. The first-order chi connectivity index (χ1) is 11.4. The number of hydrogen-bond donors (Lipinski definition) is 0. The van der Waals surface area contributed by atoms with Crippen molar-refractivity contribution in [3.8, 4) is 0 Å². The van der Waals surface area contributed by atoms with Crippen LogP contribution in [-0.4, -0.2) is 35.7 Å². The molecule has 2 aliphatic carbocycles. The van der Waals surface area contributed by atoms with E-state index in [-0.39, 0.29) is 18.0 Å². The minimum Gasteiger partial charge on any atom is -0.359 e. The number of halogens is 3. The number of rotatable bonds is 5. The van der Waals surface area contributed by atoms with Crippen LogP contribution in [0.2, 0.25) is 0 Å². The maximum Gasteiger partial charge on any atom is 0.411 e. The number of benzene rings is 1. The van der Waals surface area contributed by atoms with Crippen molar-refractivity contribution in [2.75, 3.05) is 6.61 Å². The number of hydrogen-bond acceptors (Lipinski definition) is 2. The van der Waals surface area contributed by atoms with E-state index in [1.165, 1.54) is 12.5 Å². The van der Waals surface area contributed by atoms with E-state index >= 15 is 0 Å². The zero-order valence-electron chi connectivity index (χ0n) is 13.7. The second kappa shape index (κ2) is 6.75. The molecule has 0 N–H and O–H groups in total. The van der Waals surface area contributed by atoms with Gasteiger partial charge in [0.25, 0.3) is 5.91 Å². The van der Waals surface area contributed by atoms with Crippen LogP contribution in [0.3, 0.4) is 0 Å². The van der Waals surface area contributed by atoms with Gasteiger partial charge in [-0.2, -0.15) is 13.2 Å². The minimum absolute atomic E-state index is 0.0492. The smallest absolute Gasteiger partial charge is 0.359 e. The number of nitrogens with zero attached hydrogens (tertiary/aromatic N) is 1. The summed E-state index contributed by atoms with van der Waals surface area (Å²) in [6.07, 6.45) is -0.856. The summed E-state index contributed by atoms with van der Waals surface area (Å²) in [5.41, 5.74) is 2.36. The van der Waals surface area contributed by atoms with Gasteiger partial charge in [-0.3, -0.25) is 4.79 Å². The lowest BCUT2D eigenvalue weighted by Crippen LogP contribution is -2.44. The Morgan fingerprint density at radius 1 is 1.29 bits per heavy atom. The number of amides is 1. The van der Waals surface area contributed by atoms with Crippen molar-refractivity contribution < 1.29 is 22.7 Å². The van der Waals surface area contributed by atoms with Gasteiger partial charge in [0, 0.05) is 6.04 Å². The monoisotopic (exact) mass is 341 g/mol. The molecule has 2 atom stereocenters. The zero-order chi connectivity index (χ0) is 17.3. The van der Waals surface area contributed by atoms with Gasteiger partial charge < -0.3 is 9.64 Å². The number of carbonyl (C=O) groups excluding carboxylic acids is 1. The van der Waals surface area contributed by atoms with Gasteiger partial charge in [-0.1, -0.05) is 24.3 Å². The van der Waals surface area contributed by atoms with Gasteiger partial charge in [0.2, 0.25) is 0 Å². The van der Waals surface area contributed by atoms with E-state index in [2.05, 4.69) is 6.07 Å². The molecule has 1 aromatic carbocycles. The van der Waals surface area contributed by atoms with Crippen molar-refractivity contribution in [2.24, 2.45) is 0 Å². The maximum atomic E-state index is 12.8. The van der Waals surface area contributed by atoms with Crippen LogP contribution in [0.5, 0.6) is 0 Å². The fraction of sp³-hybridized carbons (Fsp3) is 0.611. The molecule has 24 heavy (non-hydrogen) atoms. The highest BCUT2D eigenvalue weighted by molar-refractivity contribution is 5.81. The van der Waals surface area contributed by atoms with Crippen LogP contribution in [0, 0.1) is 0 Å². The number of alkyl halides is 3. The third-order valence-corrected chi connectivity index (χ3v) is 4.71. The lowest BCUT2D eigenvalue weighted by atomic mass is 9.86. The van der Waals surface area contributed by atoms with Crippen molar-refractivity contribution in [1.82, 2.24) is 4.90 Å². The first kappa shape index (κ1) is 17.3. The Labute approximate surface area is 139 Å². The molecule has 1 amide bonds. The molecule has 2 unspecified atom stereocenters. The van der Waals surface area contributed by atoms with Gasteiger partial charge in [0.15, 0.2) is 0 Å². The van der Waals surface area contributed by atoms with E-state index in [9.17, 15) is 18.0 Å². The first-order valence-corrected chi connectivity index (χ1v) is 8.45. The summed E-state index contributed by atoms with van der Waals surface area (Å²) in [6, 6.07) is 8.12. The summed E-state index contributed by atoms with van der Waals surface area (Å²) in [5.74, 6) is -0.330. The molecule has 132 valence electrons. The van der Waals surface area contributed by atoms with Gasteiger partial charge in [0.05, 0.1) is 6.04 Å². The van der Waals surface area contributed by atoms with Crippen molar-refractivity contribution >= 4 is 5.91 Å². The van der Waals surface area contributed by atoms with Crippen LogP contribution in [0.15, 0.2) is 24.3 Å². The topological polar surface area (TPSA) is 29.5 Å². The second-order valence-corrected chi connectivity index (χ2v) is 6.65. The third-order valence-electron chi connectivity index (χ3n) is 4.71. The van der Waals surface area contributed by atoms with Gasteiger partial charge in [-0.15, -0.1) is 0 Å². The van der Waals surface area contributed by atoms with E-state index < -0.39 is 18.9 Å². The van der Waals surface area contributed by atoms with E-state index in [4.69, 9.17) is 4.74 Å². The largest absolute Gasteiger partial charge is 0.411 e. The molecule has 0 aromatic heterocycles. The molecule has 3 nitrogen and oxygen atoms in total. The van der Waals surface area contributed by atoms with Gasteiger partial charge in [0.1, 0.15) is 12.7 Å². The van der Waals surface area contributed by atoms with E-state index in [0.717, 1.165) is 37.7 Å². The predicted octanol–water partition coefficient (Wildman–Crippen LogP) is 4.02. The molecular formula is C18H22F3NO2. The molecule has 0 saturated heterocycles. The fourth-order valence-electron chi connectivity index (χ4n) is 3.46. The fourth-order valence-corrected chi connectivity index (χ4v) is 3.46. The molecule has 1 saturated carbocycles. The summed E-state index contributed by atoms with van der Waals surface area (Å²) in [6.45, 7) is 0.0256. The predicted molar refractivity (Wildman–Crippen MR) is 83.5 cm³/mol. The summed E-state index contributed by atoms with van der Waals surface area (Å²) in [4.78, 5) is 14.6. The average Bonchev–Trinajstić information content (AvgIpc) is 3.37. The first-order valence-electron chi connectivity index (χ1n) is 8.45. The molecule has 3 rings (SSSR count). The lowest BCUT2D eigenvalue weighted by Gasteiger charge is -2.37. The molecule has 0 bridgehead atoms. The summed E-state index contributed by atoms with van der Waals surface area (Å²) >= 11 is 0. The Morgan fingerprint density at radius 3 is 2.67 bits per heavy atom. The van der Waals surface area contributed by atoms with Gasteiger partial charge >= 0.3 is 6.18 Å². The molecule has 1 fully saturated rings. The van der Waals surface area contributed by atoms with E-state index in [0.29, 0.717) is 0 Å². The van der Waals surface area contributed by atoms with E-state index in [1.807, 2.05) is 18.2 Å². The Morgan fingerprint density at radius 2 is 2.00 bits per heavy atom. The van der Waals surface area contributed by atoms with Crippen molar-refractivity contribution in [2.45, 2.75) is 63.4 Å². The molecule has 0 aliphatic heterocycles. The quantitative estimate of drug-likeness (QED) is 0.809. The normalized spacial score (nSPS) is 21.9. The molecule has 0 spiro atoms. The Bertz CT molecular complexity index is 598. The molecule has 0 radical (unpaired) electrons. The third kappa shape index (κ3) is 3.91. The number of ether oxygens (including phenoxy) is 1. The van der Waals surface area contributed by atoms with Crippen molar-refractivity contribution in [3.63, 3.8) is 0 Å². The van der Waals surface area contributed by atoms with E-state index in [1.54, 1.807) is 4.90 Å². The second-order valence-electron chi connectivity index (χ2n) is 6.65. The SMILES string of the molecule is CC(OCC(F)(F)F)C(=O)N(C1CC1)C1CCCc2ccccc21. The summed E-state index contributed by atoms with van der Waals surface area (Å²) < 4.78 is 41.8. The number of carbonyl (C=O) groups is 1. The number of fused-ring (bicyclic) bond motifs is 1. The minimum atomic E-state index is -4.42. The highest BCUT2D eigenvalue weighted by Gasteiger charge is 2.41. The van der Waals surface area contributed by atoms with Crippen LogP contribution < -0.4 is 0 Å². The molecule has 2 aliphatic rings. The standard InChI is InChI=1S/C18H22F3NO2/c1-12(24-11-18(19,20)21)17(23)22(14-9-10-14)16-8-4-6-13-5-2-3-7-15(13)16/h2-3,5,7,12,14,16H,4,6,8-11H2,1H3. The molecule has 6 heteroatoms. The Kier molecular flexibility index (Phi) is 4.85. The van der Waals surface area contributed by atoms with Crippen molar-refractivity contribution in [1.29, 1.82) is 0 Å². The van der Waals surface area contributed by atoms with Crippen molar-refractivity contribution in [3.05, 3.63) is 35.4 Å². The van der Waals surface area contributed by atoms with Crippen LogP contribution in [0.4, 0.5) is 13.2 Å². The van der Waals surface area contributed by atoms with Crippen LogP contribution in [-0.2, 0) is 16.0 Å². The van der Waals surface area contributed by atoms with Crippen LogP contribution >= 0.6 is 0 Å². The highest BCUT2D eigenvalue weighted by Crippen LogP contribution is 2.41. The van der Waals surface area contributed by atoms with Gasteiger partial charge in [-0.05, 0) is 50.2 Å². The lowest BCUT2D eigenvalue weighted by molar-refractivity contribution is -0.189. The molecule has 0 heterocycles.